The summed E-state index contributed by atoms with van der Waals surface area (Å²) in [7, 11) is -3.54. The minimum absolute atomic E-state index is 0.152. The van der Waals surface area contributed by atoms with Crippen LogP contribution in [0.1, 0.15) is 48.5 Å². The van der Waals surface area contributed by atoms with E-state index in [-0.39, 0.29) is 17.4 Å². The summed E-state index contributed by atoms with van der Waals surface area (Å²) < 4.78 is 26.3. The van der Waals surface area contributed by atoms with Crippen LogP contribution in [0, 0.1) is 0 Å². The molecule has 194 valence electrons. The summed E-state index contributed by atoms with van der Waals surface area (Å²) in [5, 5.41) is 8.73. The highest BCUT2D eigenvalue weighted by atomic mass is 79.9. The Labute approximate surface area is 221 Å². The molecule has 0 bridgehead atoms. The summed E-state index contributed by atoms with van der Waals surface area (Å²) in [6.07, 6.45) is 4.65. The Bertz CT molecular complexity index is 1220. The van der Waals surface area contributed by atoms with Gasteiger partial charge in [-0.05, 0) is 68.6 Å². The fourth-order valence-corrected chi connectivity index (χ4v) is 6.77. The van der Waals surface area contributed by atoms with Crippen LogP contribution in [0.4, 0.5) is 11.4 Å². The highest BCUT2D eigenvalue weighted by Gasteiger charge is 2.30. The highest BCUT2D eigenvalue weighted by Crippen LogP contribution is 2.28. The molecule has 2 atom stereocenters. The Morgan fingerprint density at radius 2 is 2.00 bits per heavy atom. The number of likely N-dealkylation sites (tertiary alicyclic amines) is 1. The zero-order chi connectivity index (χ0) is 25.7. The second-order valence-corrected chi connectivity index (χ2v) is 12.6. The lowest BCUT2D eigenvalue weighted by atomic mass is 10.0. The predicted molar refractivity (Wildman–Crippen MR) is 146 cm³/mol. The number of carbonyl (C=O) groups is 2. The summed E-state index contributed by atoms with van der Waals surface area (Å²) in [5.41, 5.74) is 2.16. The molecule has 0 spiro atoms. The first-order valence-corrected chi connectivity index (χ1v) is 15.0. The maximum Gasteiger partial charge on any atom is 0.251 e. The highest BCUT2D eigenvalue weighted by molar-refractivity contribution is 9.10. The van der Waals surface area contributed by atoms with Crippen LogP contribution in [0.25, 0.3) is 0 Å². The average Bonchev–Trinajstić information content (AvgIpc) is 2.82. The first kappa shape index (κ1) is 26.6. The van der Waals surface area contributed by atoms with Gasteiger partial charge in [-0.25, -0.2) is 8.42 Å². The van der Waals surface area contributed by atoms with Crippen LogP contribution in [0.15, 0.2) is 46.9 Å². The van der Waals surface area contributed by atoms with Crippen molar-refractivity contribution >= 4 is 49.0 Å². The quantitative estimate of drug-likeness (QED) is 0.392. The molecule has 0 aromatic heterocycles. The first-order valence-electron chi connectivity index (χ1n) is 12.4. The molecule has 2 heterocycles. The number of nitrogens with zero attached hydrogens (tertiary/aromatic N) is 1. The maximum absolute atomic E-state index is 12.7. The number of halogens is 1. The molecule has 36 heavy (non-hydrogen) atoms. The molecule has 3 N–H and O–H groups in total. The third-order valence-corrected chi connectivity index (χ3v) is 8.84. The van der Waals surface area contributed by atoms with Gasteiger partial charge in [-0.2, -0.15) is 0 Å². The van der Waals surface area contributed by atoms with E-state index in [0.29, 0.717) is 35.1 Å². The Morgan fingerprint density at radius 1 is 1.17 bits per heavy atom. The maximum atomic E-state index is 12.7. The summed E-state index contributed by atoms with van der Waals surface area (Å²) in [6, 6.07) is 11.8. The molecule has 0 saturated carbocycles. The number of benzene rings is 2. The van der Waals surface area contributed by atoms with Gasteiger partial charge in [0, 0.05) is 29.2 Å². The Balaban J connectivity index is 1.30. The van der Waals surface area contributed by atoms with Crippen LogP contribution in [0.5, 0.6) is 0 Å². The standard InChI is InChI=1S/C26H33BrN4O4S/c1-18-6-2-3-12-31(18)13-5-11-28-25(32)20-9-10-22-23(15-20)30-26(33)24(29-22)17-36(34,35)16-19-7-4-8-21(27)14-19/h4,7-10,14-15,18,24,29H,2-3,5-6,11-13,16-17H2,1H3,(H,28,32)(H,30,33)/t18-,24+/m0/s1. The van der Waals surface area contributed by atoms with Crippen molar-refractivity contribution in [1.82, 2.24) is 10.2 Å². The molecule has 2 amide bonds. The molecule has 2 aliphatic heterocycles. The number of hydrogen-bond donors (Lipinski definition) is 3. The summed E-state index contributed by atoms with van der Waals surface area (Å²) in [5.74, 6) is -1.12. The van der Waals surface area contributed by atoms with Crippen LogP contribution in [-0.4, -0.2) is 62.6 Å². The monoisotopic (exact) mass is 576 g/mol. The minimum Gasteiger partial charge on any atom is -0.371 e. The number of sulfone groups is 1. The van der Waals surface area contributed by atoms with Gasteiger partial charge in [0.05, 0.1) is 22.9 Å². The molecular weight excluding hydrogens is 544 g/mol. The summed E-state index contributed by atoms with van der Waals surface area (Å²) in [6.45, 7) is 4.94. The van der Waals surface area contributed by atoms with Crippen LogP contribution < -0.4 is 16.0 Å². The predicted octanol–water partition coefficient (Wildman–Crippen LogP) is 3.79. The Kier molecular flexibility index (Phi) is 8.69. The molecule has 1 saturated heterocycles. The lowest BCUT2D eigenvalue weighted by Gasteiger charge is -2.33. The molecule has 2 aromatic rings. The molecule has 2 aliphatic rings. The number of rotatable bonds is 9. The normalized spacial score (nSPS) is 20.2. The lowest BCUT2D eigenvalue weighted by molar-refractivity contribution is -0.116. The van der Waals surface area contributed by atoms with Gasteiger partial charge < -0.3 is 20.9 Å². The topological polar surface area (TPSA) is 108 Å². The van der Waals surface area contributed by atoms with Crippen molar-refractivity contribution in [1.29, 1.82) is 0 Å². The number of carbonyl (C=O) groups excluding carboxylic acids is 2. The molecule has 10 heteroatoms. The lowest BCUT2D eigenvalue weighted by Crippen LogP contribution is -2.43. The van der Waals surface area contributed by atoms with Gasteiger partial charge in [0.1, 0.15) is 6.04 Å². The van der Waals surface area contributed by atoms with E-state index in [1.165, 1.54) is 19.3 Å². The van der Waals surface area contributed by atoms with Crippen molar-refractivity contribution in [2.75, 3.05) is 36.0 Å². The van der Waals surface area contributed by atoms with Crippen LogP contribution in [0.3, 0.4) is 0 Å². The molecule has 1 fully saturated rings. The number of piperidine rings is 1. The van der Waals surface area contributed by atoms with E-state index in [2.05, 4.69) is 43.7 Å². The molecule has 2 aromatic carbocycles. The first-order chi connectivity index (χ1) is 17.2. The molecule has 8 nitrogen and oxygen atoms in total. The fourth-order valence-electron chi connectivity index (χ4n) is 4.77. The molecule has 4 rings (SSSR count). The van der Waals surface area contributed by atoms with Crippen molar-refractivity contribution in [3.05, 3.63) is 58.1 Å². The molecule has 0 aliphatic carbocycles. The van der Waals surface area contributed by atoms with Gasteiger partial charge in [-0.1, -0.05) is 34.5 Å². The van der Waals surface area contributed by atoms with Gasteiger partial charge in [0.15, 0.2) is 9.84 Å². The second kappa shape index (κ2) is 11.7. The van der Waals surface area contributed by atoms with E-state index in [9.17, 15) is 18.0 Å². The van der Waals surface area contributed by atoms with Gasteiger partial charge in [0.2, 0.25) is 5.91 Å². The van der Waals surface area contributed by atoms with Crippen LogP contribution in [-0.2, 0) is 20.4 Å². The molecule has 0 unspecified atom stereocenters. The zero-order valence-corrected chi connectivity index (χ0v) is 22.8. The van der Waals surface area contributed by atoms with Crippen molar-refractivity contribution in [2.45, 2.75) is 50.4 Å². The van der Waals surface area contributed by atoms with Crippen molar-refractivity contribution in [3.8, 4) is 0 Å². The van der Waals surface area contributed by atoms with Crippen molar-refractivity contribution in [2.24, 2.45) is 0 Å². The number of anilines is 2. The Hall–Kier alpha value is -2.43. The SMILES string of the molecule is C[C@H]1CCCCN1CCCNC(=O)c1ccc2c(c1)NC(=O)[C@@H](CS(=O)(=O)Cc1cccc(Br)c1)N2. The second-order valence-electron chi connectivity index (χ2n) is 9.62. The number of fused-ring (bicyclic) bond motifs is 1. The number of nitrogens with one attached hydrogen (secondary N) is 3. The van der Waals surface area contributed by atoms with E-state index in [1.54, 1.807) is 36.4 Å². The van der Waals surface area contributed by atoms with Gasteiger partial charge >= 0.3 is 0 Å². The van der Waals surface area contributed by atoms with Gasteiger partial charge in [0.25, 0.3) is 5.91 Å². The van der Waals surface area contributed by atoms with E-state index >= 15 is 0 Å². The smallest absolute Gasteiger partial charge is 0.251 e. The molecule has 0 radical (unpaired) electrons. The zero-order valence-electron chi connectivity index (χ0n) is 20.4. The van der Waals surface area contributed by atoms with Crippen LogP contribution >= 0.6 is 15.9 Å². The van der Waals surface area contributed by atoms with E-state index in [0.717, 1.165) is 24.0 Å². The number of amides is 2. The van der Waals surface area contributed by atoms with E-state index in [1.807, 2.05) is 6.07 Å². The van der Waals surface area contributed by atoms with E-state index < -0.39 is 21.8 Å². The molecular formula is C26H33BrN4O4S. The fraction of sp³-hybridized carbons (Fsp3) is 0.462. The summed E-state index contributed by atoms with van der Waals surface area (Å²) >= 11 is 3.35. The van der Waals surface area contributed by atoms with E-state index in [4.69, 9.17) is 0 Å². The Morgan fingerprint density at radius 3 is 2.78 bits per heavy atom. The average molecular weight is 578 g/mol. The van der Waals surface area contributed by atoms with Gasteiger partial charge in [-0.15, -0.1) is 0 Å². The number of hydrogen-bond acceptors (Lipinski definition) is 6. The van der Waals surface area contributed by atoms with Gasteiger partial charge in [-0.3, -0.25) is 9.59 Å². The third-order valence-electron chi connectivity index (χ3n) is 6.73. The third kappa shape index (κ3) is 7.08. The van der Waals surface area contributed by atoms with Crippen molar-refractivity contribution in [3.63, 3.8) is 0 Å². The van der Waals surface area contributed by atoms with Crippen LogP contribution in [0.2, 0.25) is 0 Å². The minimum atomic E-state index is -3.54. The summed E-state index contributed by atoms with van der Waals surface area (Å²) in [4.78, 5) is 27.8. The largest absolute Gasteiger partial charge is 0.371 e. The van der Waals surface area contributed by atoms with Crippen molar-refractivity contribution < 1.29 is 18.0 Å².